The molecule has 10 rings (SSSR count). The van der Waals surface area contributed by atoms with Crippen LogP contribution in [0, 0.1) is 45.4 Å². The number of rotatable bonds is 16. The number of likely N-dealkylation sites (N-methyl/N-ethyl adjacent to an activating group) is 3. The van der Waals surface area contributed by atoms with Gasteiger partial charge in [-0.3, -0.25) is 33.6 Å². The number of carboxylic acid groups (broad SMARTS) is 1. The van der Waals surface area contributed by atoms with E-state index < -0.39 is 47.3 Å². The number of amides is 7. The Morgan fingerprint density at radius 2 is 0.607 bits per heavy atom. The number of pyridine rings is 4. The average Bonchev–Trinajstić information content (AvgIpc) is 0.814. The van der Waals surface area contributed by atoms with E-state index in [1.54, 1.807) is 45.9 Å². The lowest BCUT2D eigenvalue weighted by atomic mass is 9.89. The van der Waals surface area contributed by atoms with Crippen molar-refractivity contribution in [2.24, 2.45) is 17.8 Å². The van der Waals surface area contributed by atoms with Crippen molar-refractivity contribution in [2.75, 3.05) is 126 Å². The second-order valence-electron chi connectivity index (χ2n) is 29.2. The van der Waals surface area contributed by atoms with Crippen LogP contribution in [0.5, 0.6) is 0 Å². The first-order valence-corrected chi connectivity index (χ1v) is 36.2. The van der Waals surface area contributed by atoms with Gasteiger partial charge in [-0.05, 0) is 225 Å². The van der Waals surface area contributed by atoms with Crippen molar-refractivity contribution in [3.05, 3.63) is 177 Å². The summed E-state index contributed by atoms with van der Waals surface area (Å²) in [6, 6.07) is 31.7. The number of hydrogen-bond donors (Lipinski definition) is 9. The zero-order valence-corrected chi connectivity index (χ0v) is 64.1. The Balaban J connectivity index is 0.000000205. The van der Waals surface area contributed by atoms with Gasteiger partial charge >= 0.3 is 47.3 Å². The normalized spacial score (nSPS) is 17.6. The molecule has 3 aliphatic heterocycles. The van der Waals surface area contributed by atoms with E-state index in [9.17, 15) is 38.4 Å². The van der Waals surface area contributed by atoms with Gasteiger partial charge in [0, 0.05) is 39.3 Å². The molecule has 2 unspecified atom stereocenters. The molecule has 7 heterocycles. The number of likely N-dealkylation sites (tertiary alicyclic amines) is 3. The SMILES string of the molecule is Cc1cc(NC(=O)C(=O)N2CC(C)CCC2c2ccc(CCN(C)C)cc2)cnc1N.Cc1cc(NC(=O)C(=O)N2C[C@@H](C)CC[C@@H]2c2ccc(CCN(C)C)cc2)cnc1N.Cc1cc(NC(=O)C(=O)N2C[C@H](C)CC[C@H]2c2ccc(CCN(C)C)cc2)cnc1N.Cc1cc(NC(=O)C(=O)O)cnc1N. The maximum atomic E-state index is 13.1. The maximum absolute atomic E-state index is 13.1. The number of nitrogens with zero attached hydrogens (tertiary/aromatic N) is 10. The fraction of sp³-hybridized carbons (Fsp3) is 0.425. The number of aryl methyl sites for hydroxylation is 4. The van der Waals surface area contributed by atoms with Crippen LogP contribution >= 0.6 is 0 Å². The minimum absolute atomic E-state index is 0.0939. The maximum Gasteiger partial charge on any atom is 0.394 e. The van der Waals surface area contributed by atoms with Crippen LogP contribution in [0.1, 0.15) is 133 Å². The monoisotopic (exact) mass is 1460 g/mol. The quantitative estimate of drug-likeness (QED) is 0.0407. The van der Waals surface area contributed by atoms with Crippen LogP contribution < -0.4 is 44.2 Å². The molecule has 3 aliphatic rings. The molecular formula is C80H108N18O9. The first-order valence-electron chi connectivity index (χ1n) is 36.2. The van der Waals surface area contributed by atoms with Crippen LogP contribution in [0.25, 0.3) is 0 Å². The highest BCUT2D eigenvalue weighted by atomic mass is 16.4. The van der Waals surface area contributed by atoms with E-state index in [4.69, 9.17) is 28.0 Å². The number of benzene rings is 3. The van der Waals surface area contributed by atoms with E-state index in [-0.39, 0.29) is 18.1 Å². The lowest BCUT2D eigenvalue weighted by Crippen LogP contribution is -2.46. The molecule has 27 heteroatoms. The lowest BCUT2D eigenvalue weighted by Gasteiger charge is -2.38. The molecule has 7 aromatic rings. The summed E-state index contributed by atoms with van der Waals surface area (Å²) in [4.78, 5) is 126. The number of piperidine rings is 3. The molecule has 572 valence electrons. The fourth-order valence-electron chi connectivity index (χ4n) is 12.7. The smallest absolute Gasteiger partial charge is 0.394 e. The van der Waals surface area contributed by atoms with Gasteiger partial charge in [0.05, 0.1) is 65.7 Å². The van der Waals surface area contributed by atoms with Crippen LogP contribution in [-0.4, -0.2) is 183 Å². The number of aromatic nitrogens is 4. The molecule has 0 bridgehead atoms. The number of nitrogen functional groups attached to an aromatic ring is 4. The highest BCUT2D eigenvalue weighted by Gasteiger charge is 2.37. The second kappa shape index (κ2) is 39.5. The van der Waals surface area contributed by atoms with E-state index >= 15 is 0 Å². The minimum atomic E-state index is -1.54. The number of carboxylic acids is 1. The fourth-order valence-corrected chi connectivity index (χ4v) is 12.7. The van der Waals surface area contributed by atoms with Crippen molar-refractivity contribution in [1.82, 2.24) is 49.3 Å². The van der Waals surface area contributed by atoms with E-state index in [1.807, 2.05) is 20.8 Å². The summed E-state index contributed by atoms with van der Waals surface area (Å²) in [6.07, 6.45) is 14.3. The first kappa shape index (κ1) is 83.4. The Labute approximate surface area is 628 Å². The zero-order chi connectivity index (χ0) is 78.3. The Bertz CT molecular complexity index is 3850. The second-order valence-corrected chi connectivity index (χ2v) is 29.2. The van der Waals surface area contributed by atoms with E-state index in [0.717, 1.165) is 111 Å². The first-order chi connectivity index (χ1) is 50.7. The van der Waals surface area contributed by atoms with E-state index in [2.05, 4.69) is 192 Å². The molecule has 3 fully saturated rings. The molecule has 0 spiro atoms. The Morgan fingerprint density at radius 3 is 0.813 bits per heavy atom. The number of carbonyl (C=O) groups excluding carboxylic acids is 7. The molecule has 3 saturated heterocycles. The number of nitrogens with one attached hydrogen (secondary N) is 4. The predicted molar refractivity (Wildman–Crippen MR) is 420 cm³/mol. The van der Waals surface area contributed by atoms with Crippen LogP contribution in [0.2, 0.25) is 0 Å². The molecule has 3 aromatic carbocycles. The minimum Gasteiger partial charge on any atom is -0.474 e. The third-order valence-electron chi connectivity index (χ3n) is 19.2. The van der Waals surface area contributed by atoms with Crippen molar-refractivity contribution >= 4 is 93.3 Å². The summed E-state index contributed by atoms with van der Waals surface area (Å²) in [6.45, 7) is 18.2. The number of hydrogen-bond acceptors (Lipinski definition) is 19. The van der Waals surface area contributed by atoms with Crippen molar-refractivity contribution in [2.45, 2.75) is 124 Å². The van der Waals surface area contributed by atoms with Gasteiger partial charge in [-0.15, -0.1) is 0 Å². The van der Waals surface area contributed by atoms with E-state index in [0.29, 0.717) is 89.0 Å². The predicted octanol–water partition coefficient (Wildman–Crippen LogP) is 9.04. The summed E-state index contributed by atoms with van der Waals surface area (Å²) in [5.41, 5.74) is 34.3. The van der Waals surface area contributed by atoms with Gasteiger partial charge in [-0.1, -0.05) is 93.6 Å². The molecule has 107 heavy (non-hydrogen) atoms. The van der Waals surface area contributed by atoms with Crippen LogP contribution in [0.15, 0.2) is 122 Å². The molecule has 4 aromatic heterocycles. The highest BCUT2D eigenvalue weighted by Crippen LogP contribution is 2.37. The summed E-state index contributed by atoms with van der Waals surface area (Å²) in [7, 11) is 12.4. The summed E-state index contributed by atoms with van der Waals surface area (Å²) < 4.78 is 0. The van der Waals surface area contributed by atoms with Gasteiger partial charge in [-0.2, -0.15) is 0 Å². The van der Waals surface area contributed by atoms with Gasteiger partial charge in [-0.25, -0.2) is 24.7 Å². The molecule has 6 atom stereocenters. The van der Waals surface area contributed by atoms with Crippen LogP contribution in [0.3, 0.4) is 0 Å². The molecule has 13 N–H and O–H groups in total. The third-order valence-corrected chi connectivity index (χ3v) is 19.2. The lowest BCUT2D eigenvalue weighted by molar-refractivity contribution is -0.147. The summed E-state index contributed by atoms with van der Waals surface area (Å²) in [5, 5.41) is 18.5. The van der Waals surface area contributed by atoms with Gasteiger partial charge in [0.2, 0.25) is 0 Å². The average molecular weight is 1470 g/mol. The summed E-state index contributed by atoms with van der Waals surface area (Å²) in [5.74, 6) is -3.49. The van der Waals surface area contributed by atoms with Crippen LogP contribution in [0.4, 0.5) is 46.0 Å². The molecule has 0 radical (unpaired) electrons. The highest BCUT2D eigenvalue weighted by molar-refractivity contribution is 6.41. The van der Waals surface area contributed by atoms with Crippen molar-refractivity contribution in [3.8, 4) is 0 Å². The van der Waals surface area contributed by atoms with Gasteiger partial charge < -0.3 is 78.7 Å². The topological polar surface area (TPSA) is 380 Å². The number of anilines is 8. The molecule has 27 nitrogen and oxygen atoms in total. The summed E-state index contributed by atoms with van der Waals surface area (Å²) >= 11 is 0. The van der Waals surface area contributed by atoms with E-state index in [1.165, 1.54) is 41.5 Å². The van der Waals surface area contributed by atoms with Crippen molar-refractivity contribution in [1.29, 1.82) is 0 Å². The molecular weight excluding hydrogens is 1360 g/mol. The molecule has 0 saturated carbocycles. The van der Waals surface area contributed by atoms with Gasteiger partial charge in [0.15, 0.2) is 0 Å². The molecule has 7 amide bonds. The molecule has 0 aliphatic carbocycles. The standard InChI is InChI=1S/3C24H33N5O2.C8H9N3O3/c3*1-16-5-10-21(19-8-6-18(7-9-19)11-12-28(3)4)29(15-16)24(31)23(30)27-20-13-17(2)22(25)26-14-20;1-4-2-5(3-10-6(4)9)11-7(12)8(13)14/h3*6-9,13-14,16,21H,5,10-12,15H2,1-4H3,(H2,25,26)(H,27,30);2-3H,1H3,(H2,9,10)(H,11,12)(H,13,14)/t2*16-,21+;;/m10../s1. The Morgan fingerprint density at radius 1 is 0.383 bits per heavy atom. The van der Waals surface area contributed by atoms with Gasteiger partial charge in [0.1, 0.15) is 23.3 Å². The van der Waals surface area contributed by atoms with Crippen molar-refractivity contribution in [3.63, 3.8) is 0 Å². The number of carbonyl (C=O) groups is 8. The number of aliphatic carboxylic acids is 1. The number of nitrogens with two attached hydrogens (primary N) is 4. The third kappa shape index (κ3) is 25.1. The Kier molecular flexibility index (Phi) is 30.7. The largest absolute Gasteiger partial charge is 0.474 e. The van der Waals surface area contributed by atoms with Crippen molar-refractivity contribution < 1.29 is 43.5 Å². The Hall–Kier alpha value is -10.9. The van der Waals surface area contributed by atoms with Gasteiger partial charge in [0.25, 0.3) is 0 Å². The zero-order valence-electron chi connectivity index (χ0n) is 64.1. The van der Waals surface area contributed by atoms with Crippen LogP contribution in [-0.2, 0) is 57.6 Å².